The summed E-state index contributed by atoms with van der Waals surface area (Å²) in [5.41, 5.74) is 6.98. The minimum Gasteiger partial charge on any atom is -0.326 e. The monoisotopic (exact) mass is 255 g/mol. The van der Waals surface area contributed by atoms with Crippen LogP contribution in [-0.2, 0) is 16.3 Å². The zero-order valence-corrected chi connectivity index (χ0v) is 11.5. The molecule has 0 saturated heterocycles. The van der Waals surface area contributed by atoms with E-state index in [9.17, 15) is 8.42 Å². The molecule has 0 aliphatic carbocycles. The van der Waals surface area contributed by atoms with Crippen LogP contribution in [0.15, 0.2) is 30.3 Å². The van der Waals surface area contributed by atoms with Crippen LogP contribution in [0.4, 0.5) is 0 Å². The summed E-state index contributed by atoms with van der Waals surface area (Å²) in [5, 5.41) is 0. The first kappa shape index (κ1) is 14.2. The minimum absolute atomic E-state index is 0.0331. The van der Waals surface area contributed by atoms with Gasteiger partial charge in [-0.25, -0.2) is 8.42 Å². The molecular formula is C13H21NO2S. The van der Waals surface area contributed by atoms with Gasteiger partial charge in [0.1, 0.15) is 0 Å². The van der Waals surface area contributed by atoms with E-state index in [0.29, 0.717) is 6.42 Å². The van der Waals surface area contributed by atoms with Gasteiger partial charge in [-0.2, -0.15) is 0 Å². The molecule has 0 bridgehead atoms. The largest absolute Gasteiger partial charge is 0.326 e. The van der Waals surface area contributed by atoms with E-state index < -0.39 is 14.6 Å². The Hall–Kier alpha value is -0.870. The molecule has 1 atom stereocenters. The van der Waals surface area contributed by atoms with Gasteiger partial charge >= 0.3 is 0 Å². The molecule has 1 unspecified atom stereocenters. The Labute approximate surface area is 104 Å². The van der Waals surface area contributed by atoms with Crippen LogP contribution in [0.2, 0.25) is 0 Å². The molecule has 3 nitrogen and oxygen atoms in total. The molecule has 17 heavy (non-hydrogen) atoms. The zero-order chi connectivity index (χ0) is 13.1. The van der Waals surface area contributed by atoms with E-state index in [4.69, 9.17) is 5.73 Å². The summed E-state index contributed by atoms with van der Waals surface area (Å²) >= 11 is 0. The zero-order valence-electron chi connectivity index (χ0n) is 10.7. The normalized spacial score (nSPS) is 14.6. The van der Waals surface area contributed by atoms with Crippen molar-refractivity contribution in [2.75, 3.05) is 5.75 Å². The van der Waals surface area contributed by atoms with Crippen LogP contribution < -0.4 is 5.73 Å². The van der Waals surface area contributed by atoms with Gasteiger partial charge in [0, 0.05) is 6.04 Å². The van der Waals surface area contributed by atoms with E-state index in [0.717, 1.165) is 5.56 Å². The van der Waals surface area contributed by atoms with Crippen molar-refractivity contribution in [1.29, 1.82) is 0 Å². The van der Waals surface area contributed by atoms with Crippen LogP contribution in [0.5, 0.6) is 0 Å². The Kier molecular flexibility index (Phi) is 4.33. The van der Waals surface area contributed by atoms with Gasteiger partial charge in [-0.3, -0.25) is 0 Å². The molecule has 0 aliphatic heterocycles. The van der Waals surface area contributed by atoms with Gasteiger partial charge in [-0.15, -0.1) is 0 Å². The average molecular weight is 255 g/mol. The van der Waals surface area contributed by atoms with E-state index >= 15 is 0 Å². The highest BCUT2D eigenvalue weighted by Gasteiger charge is 2.30. The van der Waals surface area contributed by atoms with Crippen LogP contribution >= 0.6 is 0 Å². The van der Waals surface area contributed by atoms with Gasteiger partial charge in [0.2, 0.25) is 0 Å². The van der Waals surface area contributed by atoms with E-state index in [1.165, 1.54) is 0 Å². The van der Waals surface area contributed by atoms with Crippen molar-refractivity contribution < 1.29 is 8.42 Å². The third-order valence-corrected chi connectivity index (χ3v) is 5.44. The minimum atomic E-state index is -3.14. The molecule has 0 heterocycles. The topological polar surface area (TPSA) is 60.2 Å². The first-order valence-electron chi connectivity index (χ1n) is 5.74. The Morgan fingerprint density at radius 3 is 2.18 bits per heavy atom. The lowest BCUT2D eigenvalue weighted by molar-refractivity contribution is 0.551. The van der Waals surface area contributed by atoms with Gasteiger partial charge < -0.3 is 5.73 Å². The molecule has 0 aliphatic rings. The molecule has 4 heteroatoms. The predicted molar refractivity (Wildman–Crippen MR) is 71.7 cm³/mol. The third-order valence-electron chi connectivity index (χ3n) is 2.71. The van der Waals surface area contributed by atoms with Crippen LogP contribution in [0, 0.1) is 0 Å². The van der Waals surface area contributed by atoms with Crippen LogP contribution in [-0.4, -0.2) is 25.0 Å². The van der Waals surface area contributed by atoms with Crippen molar-refractivity contribution in [3.05, 3.63) is 35.9 Å². The van der Waals surface area contributed by atoms with Crippen molar-refractivity contribution in [2.45, 2.75) is 38.0 Å². The van der Waals surface area contributed by atoms with Gasteiger partial charge in [-0.1, -0.05) is 30.3 Å². The van der Waals surface area contributed by atoms with Crippen molar-refractivity contribution in [3.63, 3.8) is 0 Å². The highest BCUT2D eigenvalue weighted by Crippen LogP contribution is 2.17. The number of hydrogen-bond acceptors (Lipinski definition) is 3. The molecular weight excluding hydrogens is 234 g/mol. The average Bonchev–Trinajstić information content (AvgIpc) is 2.16. The van der Waals surface area contributed by atoms with E-state index in [2.05, 4.69) is 0 Å². The fourth-order valence-electron chi connectivity index (χ4n) is 1.51. The van der Waals surface area contributed by atoms with Gasteiger partial charge in [-0.05, 0) is 32.8 Å². The van der Waals surface area contributed by atoms with Crippen molar-refractivity contribution in [3.8, 4) is 0 Å². The molecule has 0 radical (unpaired) electrons. The molecule has 0 spiro atoms. The lowest BCUT2D eigenvalue weighted by Gasteiger charge is -2.22. The lowest BCUT2D eigenvalue weighted by atomic mass is 10.1. The Morgan fingerprint density at radius 1 is 1.18 bits per heavy atom. The number of benzene rings is 1. The number of sulfone groups is 1. The van der Waals surface area contributed by atoms with Crippen LogP contribution in [0.1, 0.15) is 26.3 Å². The molecule has 0 aromatic heterocycles. The molecule has 1 rings (SSSR count). The molecule has 1 aromatic carbocycles. The third kappa shape index (κ3) is 4.13. The second-order valence-corrected chi connectivity index (χ2v) is 8.13. The molecule has 2 N–H and O–H groups in total. The summed E-state index contributed by atoms with van der Waals surface area (Å²) in [6, 6.07) is 9.37. The van der Waals surface area contributed by atoms with Crippen molar-refractivity contribution >= 4 is 9.84 Å². The second-order valence-electron chi connectivity index (χ2n) is 5.34. The van der Waals surface area contributed by atoms with Gasteiger partial charge in [0.15, 0.2) is 9.84 Å². The summed E-state index contributed by atoms with van der Waals surface area (Å²) in [7, 11) is -3.14. The molecule has 0 amide bonds. The standard InChI is InChI=1S/C13H21NO2S/c1-13(2,3)17(15,16)10-12(14)9-11-7-5-4-6-8-11/h4-8,12H,9-10,14H2,1-3H3. The van der Waals surface area contributed by atoms with E-state index in [-0.39, 0.29) is 11.8 Å². The van der Waals surface area contributed by atoms with Gasteiger partial charge in [0.05, 0.1) is 10.5 Å². The quantitative estimate of drug-likeness (QED) is 0.892. The maximum absolute atomic E-state index is 12.0. The molecule has 0 fully saturated rings. The first-order valence-corrected chi connectivity index (χ1v) is 7.39. The molecule has 0 saturated carbocycles. The Morgan fingerprint density at radius 2 is 1.71 bits per heavy atom. The van der Waals surface area contributed by atoms with Gasteiger partial charge in [0.25, 0.3) is 0 Å². The maximum atomic E-state index is 12.0. The second kappa shape index (κ2) is 5.19. The maximum Gasteiger partial charge on any atom is 0.156 e. The SMILES string of the molecule is CC(C)(C)S(=O)(=O)CC(N)Cc1ccccc1. The summed E-state index contributed by atoms with van der Waals surface area (Å²) in [5.74, 6) is 0.0331. The molecule has 1 aromatic rings. The van der Waals surface area contributed by atoms with Crippen molar-refractivity contribution in [2.24, 2.45) is 5.73 Å². The summed E-state index contributed by atoms with van der Waals surface area (Å²) in [6.45, 7) is 5.12. The lowest BCUT2D eigenvalue weighted by Crippen LogP contribution is -2.39. The van der Waals surface area contributed by atoms with E-state index in [1.807, 2.05) is 30.3 Å². The Balaban J connectivity index is 2.66. The summed E-state index contributed by atoms with van der Waals surface area (Å²) < 4.78 is 23.2. The fourth-order valence-corrected chi connectivity index (χ4v) is 2.69. The summed E-state index contributed by atoms with van der Waals surface area (Å²) in [6.07, 6.45) is 0.593. The number of hydrogen-bond donors (Lipinski definition) is 1. The smallest absolute Gasteiger partial charge is 0.156 e. The van der Waals surface area contributed by atoms with Crippen molar-refractivity contribution in [1.82, 2.24) is 0 Å². The molecule has 96 valence electrons. The predicted octanol–water partition coefficient (Wildman–Crippen LogP) is 1.77. The number of nitrogens with two attached hydrogens (primary N) is 1. The summed E-state index contributed by atoms with van der Waals surface area (Å²) in [4.78, 5) is 0. The highest BCUT2D eigenvalue weighted by molar-refractivity contribution is 7.92. The van der Waals surface area contributed by atoms with E-state index in [1.54, 1.807) is 20.8 Å². The number of rotatable bonds is 4. The van der Waals surface area contributed by atoms with Crippen LogP contribution in [0.25, 0.3) is 0 Å². The first-order chi connectivity index (χ1) is 7.72. The fraction of sp³-hybridized carbons (Fsp3) is 0.538. The highest BCUT2D eigenvalue weighted by atomic mass is 32.2. The van der Waals surface area contributed by atoms with Crippen LogP contribution in [0.3, 0.4) is 0 Å². The Bertz CT molecular complexity index is 446.